The Morgan fingerprint density at radius 1 is 1.07 bits per heavy atom. The maximum Gasteiger partial charge on any atom is 0.243 e. The van der Waals surface area contributed by atoms with Crippen LogP contribution >= 0.6 is 23.2 Å². The molecule has 0 aliphatic heterocycles. The molecule has 0 unspecified atom stereocenters. The van der Waals surface area contributed by atoms with Crippen molar-refractivity contribution in [3.8, 4) is 0 Å². The highest BCUT2D eigenvalue weighted by atomic mass is 35.5. The van der Waals surface area contributed by atoms with E-state index in [1.54, 1.807) is 24.3 Å². The van der Waals surface area contributed by atoms with Crippen LogP contribution in [0, 0.1) is 0 Å². The van der Waals surface area contributed by atoms with Crippen molar-refractivity contribution in [1.29, 1.82) is 0 Å². The average Bonchev–Trinajstić information content (AvgIpc) is 2.62. The van der Waals surface area contributed by atoms with Crippen molar-refractivity contribution < 1.29 is 18.3 Å². The SMILES string of the molecule is O=C(CN(Cc1cccc(Cl)c1)S(=O)(=O)c1ccc(Cl)cc1)NCCCO. The standard InChI is InChI=1S/C18H20Cl2N2O4S/c19-15-5-7-17(8-6-15)27(25,26)22(13-18(24)21-9-2-10-23)12-14-3-1-4-16(20)11-14/h1,3-8,11,23H,2,9-10,12-13H2,(H,21,24). The maximum atomic E-state index is 13.0. The normalized spacial score (nSPS) is 11.6. The van der Waals surface area contributed by atoms with Gasteiger partial charge in [-0.15, -0.1) is 0 Å². The number of rotatable bonds is 9. The molecule has 0 fully saturated rings. The summed E-state index contributed by atoms with van der Waals surface area (Å²) in [5, 5.41) is 12.3. The van der Waals surface area contributed by atoms with Crippen molar-refractivity contribution in [3.05, 3.63) is 64.1 Å². The van der Waals surface area contributed by atoms with Gasteiger partial charge in [0.2, 0.25) is 15.9 Å². The number of nitrogens with one attached hydrogen (secondary N) is 1. The van der Waals surface area contributed by atoms with E-state index in [1.165, 1.54) is 24.3 Å². The molecule has 27 heavy (non-hydrogen) atoms. The second-order valence-electron chi connectivity index (χ2n) is 5.78. The lowest BCUT2D eigenvalue weighted by atomic mass is 10.2. The molecule has 2 rings (SSSR count). The van der Waals surface area contributed by atoms with Gasteiger partial charge in [-0.25, -0.2) is 8.42 Å². The Morgan fingerprint density at radius 3 is 2.41 bits per heavy atom. The molecule has 0 spiro atoms. The summed E-state index contributed by atoms with van der Waals surface area (Å²) >= 11 is 11.8. The summed E-state index contributed by atoms with van der Waals surface area (Å²) in [6, 6.07) is 12.5. The van der Waals surface area contributed by atoms with E-state index in [4.69, 9.17) is 28.3 Å². The van der Waals surface area contributed by atoms with E-state index < -0.39 is 15.9 Å². The molecule has 9 heteroatoms. The smallest absolute Gasteiger partial charge is 0.243 e. The molecule has 6 nitrogen and oxygen atoms in total. The lowest BCUT2D eigenvalue weighted by Crippen LogP contribution is -2.40. The predicted molar refractivity (Wildman–Crippen MR) is 105 cm³/mol. The lowest BCUT2D eigenvalue weighted by Gasteiger charge is -2.22. The Kier molecular flexibility index (Phi) is 8.07. The molecule has 0 saturated heterocycles. The molecule has 0 aliphatic rings. The van der Waals surface area contributed by atoms with Crippen LogP contribution in [-0.4, -0.2) is 43.4 Å². The molecule has 0 radical (unpaired) electrons. The summed E-state index contributed by atoms with van der Waals surface area (Å²) < 4.78 is 27.1. The third-order valence-corrected chi connectivity index (χ3v) is 5.97. The Labute approximate surface area is 168 Å². The molecule has 1 amide bonds. The highest BCUT2D eigenvalue weighted by molar-refractivity contribution is 7.89. The molecule has 0 aliphatic carbocycles. The number of benzene rings is 2. The van der Waals surface area contributed by atoms with E-state index in [2.05, 4.69) is 5.32 Å². The van der Waals surface area contributed by atoms with Crippen molar-refractivity contribution in [2.45, 2.75) is 17.9 Å². The molecule has 0 atom stereocenters. The third-order valence-electron chi connectivity index (χ3n) is 3.68. The topological polar surface area (TPSA) is 86.7 Å². The van der Waals surface area contributed by atoms with Crippen molar-refractivity contribution in [3.63, 3.8) is 0 Å². The number of amides is 1. The molecular formula is C18H20Cl2N2O4S. The third kappa shape index (κ3) is 6.48. The number of hydrogen-bond acceptors (Lipinski definition) is 4. The number of aliphatic hydroxyl groups excluding tert-OH is 1. The van der Waals surface area contributed by atoms with Crippen LogP contribution in [0.15, 0.2) is 53.4 Å². The first kappa shape index (κ1) is 21.7. The lowest BCUT2D eigenvalue weighted by molar-refractivity contribution is -0.121. The molecule has 0 aromatic heterocycles. The van der Waals surface area contributed by atoms with E-state index in [9.17, 15) is 13.2 Å². The van der Waals surface area contributed by atoms with Crippen LogP contribution < -0.4 is 5.32 Å². The predicted octanol–water partition coefficient (Wildman–Crippen LogP) is 2.68. The summed E-state index contributed by atoms with van der Waals surface area (Å²) in [7, 11) is -3.93. The van der Waals surface area contributed by atoms with Gasteiger partial charge in [0, 0.05) is 29.7 Å². The molecule has 0 heterocycles. The maximum absolute atomic E-state index is 13.0. The van der Waals surface area contributed by atoms with Crippen LogP contribution in [0.25, 0.3) is 0 Å². The quantitative estimate of drug-likeness (QED) is 0.598. The zero-order valence-electron chi connectivity index (χ0n) is 14.4. The summed E-state index contributed by atoms with van der Waals surface area (Å²) in [6.45, 7) is -0.168. The van der Waals surface area contributed by atoms with Gasteiger partial charge in [-0.3, -0.25) is 4.79 Å². The highest BCUT2D eigenvalue weighted by Crippen LogP contribution is 2.21. The van der Waals surface area contributed by atoms with Crippen LogP contribution in [0.5, 0.6) is 0 Å². The van der Waals surface area contributed by atoms with Crippen molar-refractivity contribution in [2.75, 3.05) is 19.7 Å². The fourth-order valence-electron chi connectivity index (χ4n) is 2.34. The number of carbonyl (C=O) groups is 1. The van der Waals surface area contributed by atoms with Crippen molar-refractivity contribution in [1.82, 2.24) is 9.62 Å². The Bertz CT molecular complexity index is 873. The molecule has 0 saturated carbocycles. The first-order chi connectivity index (χ1) is 12.8. The van der Waals surface area contributed by atoms with Gasteiger partial charge in [0.25, 0.3) is 0 Å². The van der Waals surface area contributed by atoms with Crippen LogP contribution in [0.3, 0.4) is 0 Å². The monoisotopic (exact) mass is 430 g/mol. The minimum Gasteiger partial charge on any atom is -0.396 e. The second kappa shape index (κ2) is 10.1. The van der Waals surface area contributed by atoms with E-state index in [0.29, 0.717) is 22.0 Å². The van der Waals surface area contributed by atoms with Gasteiger partial charge in [0.05, 0.1) is 11.4 Å². The number of nitrogens with zero attached hydrogens (tertiary/aromatic N) is 1. The molecule has 0 bridgehead atoms. The van der Waals surface area contributed by atoms with Crippen LogP contribution in [0.2, 0.25) is 10.0 Å². The number of sulfonamides is 1. The van der Waals surface area contributed by atoms with Crippen LogP contribution in [0.1, 0.15) is 12.0 Å². The van der Waals surface area contributed by atoms with Crippen LogP contribution in [-0.2, 0) is 21.4 Å². The molecule has 2 aromatic carbocycles. The largest absolute Gasteiger partial charge is 0.396 e. The first-order valence-corrected chi connectivity index (χ1v) is 10.4. The minimum atomic E-state index is -3.93. The highest BCUT2D eigenvalue weighted by Gasteiger charge is 2.27. The Hall–Kier alpha value is -1.64. The van der Waals surface area contributed by atoms with Crippen LogP contribution in [0.4, 0.5) is 0 Å². The van der Waals surface area contributed by atoms with Gasteiger partial charge in [0.15, 0.2) is 0 Å². The fourth-order valence-corrected chi connectivity index (χ4v) is 4.07. The number of halogens is 2. The summed E-state index contributed by atoms with van der Waals surface area (Å²) in [5.74, 6) is -0.456. The van der Waals surface area contributed by atoms with E-state index in [0.717, 1.165) is 4.31 Å². The molecule has 2 aromatic rings. The average molecular weight is 431 g/mol. The fraction of sp³-hybridized carbons (Fsp3) is 0.278. The van der Waals surface area contributed by atoms with Gasteiger partial charge in [-0.1, -0.05) is 35.3 Å². The molecular weight excluding hydrogens is 411 g/mol. The zero-order chi connectivity index (χ0) is 19.9. The second-order valence-corrected chi connectivity index (χ2v) is 8.59. The summed E-state index contributed by atoms with van der Waals surface area (Å²) in [4.78, 5) is 12.2. The van der Waals surface area contributed by atoms with Gasteiger partial charge in [-0.05, 0) is 48.4 Å². The zero-order valence-corrected chi connectivity index (χ0v) is 16.8. The van der Waals surface area contributed by atoms with Crippen molar-refractivity contribution >= 4 is 39.1 Å². The van der Waals surface area contributed by atoms with E-state index in [1.807, 2.05) is 0 Å². The first-order valence-electron chi connectivity index (χ1n) is 8.20. The molecule has 146 valence electrons. The number of carbonyl (C=O) groups excluding carboxylic acids is 1. The Morgan fingerprint density at radius 2 is 1.78 bits per heavy atom. The van der Waals surface area contributed by atoms with Gasteiger partial charge in [-0.2, -0.15) is 4.31 Å². The summed E-state index contributed by atoms with van der Waals surface area (Å²) in [6.07, 6.45) is 0.393. The van der Waals surface area contributed by atoms with Gasteiger partial charge < -0.3 is 10.4 Å². The van der Waals surface area contributed by atoms with Gasteiger partial charge in [0.1, 0.15) is 0 Å². The minimum absolute atomic E-state index is 0.0149. The number of aliphatic hydroxyl groups is 1. The molecule has 2 N–H and O–H groups in total. The van der Waals surface area contributed by atoms with E-state index >= 15 is 0 Å². The number of hydrogen-bond donors (Lipinski definition) is 2. The summed E-state index contributed by atoms with van der Waals surface area (Å²) in [5.41, 5.74) is 0.656. The van der Waals surface area contributed by atoms with Crippen molar-refractivity contribution in [2.24, 2.45) is 0 Å². The Balaban J connectivity index is 2.27. The van der Waals surface area contributed by atoms with E-state index in [-0.39, 0.29) is 31.1 Å². The van der Waals surface area contributed by atoms with Gasteiger partial charge >= 0.3 is 0 Å².